The van der Waals surface area contributed by atoms with E-state index in [1.54, 1.807) is 11.3 Å². The molecule has 0 saturated heterocycles. The van der Waals surface area contributed by atoms with Crippen LogP contribution in [0.3, 0.4) is 0 Å². The van der Waals surface area contributed by atoms with E-state index in [1.807, 2.05) is 22.7 Å². The Morgan fingerprint density at radius 3 is 2.15 bits per heavy atom. The summed E-state index contributed by atoms with van der Waals surface area (Å²) < 4.78 is 0. The third kappa shape index (κ3) is 2.22. The third-order valence-electron chi connectivity index (χ3n) is 3.32. The molecule has 0 unspecified atom stereocenters. The second-order valence-corrected chi connectivity index (χ2v) is 7.79. The van der Waals surface area contributed by atoms with Gasteiger partial charge in [0.25, 0.3) is 0 Å². The molecule has 0 bridgehead atoms. The smallest absolute Gasteiger partial charge is 0.0449 e. The Morgan fingerprint density at radius 1 is 0.700 bits per heavy atom. The molecule has 0 aliphatic heterocycles. The van der Waals surface area contributed by atoms with Gasteiger partial charge in [-0.25, -0.2) is 0 Å². The van der Waals surface area contributed by atoms with Crippen LogP contribution in [0.25, 0.3) is 19.5 Å². The van der Waals surface area contributed by atoms with E-state index in [9.17, 15) is 0 Å². The van der Waals surface area contributed by atoms with Crippen molar-refractivity contribution >= 4 is 34.0 Å². The Balaban J connectivity index is 1.65. The molecule has 3 aromatic heterocycles. The largest absolute Gasteiger partial charge is 0.143 e. The van der Waals surface area contributed by atoms with Crippen molar-refractivity contribution in [1.29, 1.82) is 0 Å². The molecule has 0 N–H and O–H groups in total. The molecule has 0 nitrogen and oxygen atoms in total. The zero-order valence-corrected chi connectivity index (χ0v) is 13.1. The van der Waals surface area contributed by atoms with Gasteiger partial charge in [-0.3, -0.25) is 0 Å². The summed E-state index contributed by atoms with van der Waals surface area (Å²) in [4.78, 5) is 6.90. The first kappa shape index (κ1) is 12.3. The SMILES string of the molecule is C1=CC(c2ccc(-c3ccc(-c4cccs4)s3)s2)C=C1. The van der Waals surface area contributed by atoms with Gasteiger partial charge in [0.2, 0.25) is 0 Å². The Hall–Kier alpha value is -1.42. The van der Waals surface area contributed by atoms with Crippen LogP contribution in [0.5, 0.6) is 0 Å². The molecule has 0 fully saturated rings. The van der Waals surface area contributed by atoms with Crippen molar-refractivity contribution in [3.05, 3.63) is 71.0 Å². The fourth-order valence-electron chi connectivity index (χ4n) is 2.31. The Labute approximate surface area is 130 Å². The maximum Gasteiger partial charge on any atom is 0.0449 e. The van der Waals surface area contributed by atoms with E-state index in [4.69, 9.17) is 0 Å². The summed E-state index contributed by atoms with van der Waals surface area (Å²) in [6.07, 6.45) is 8.76. The summed E-state index contributed by atoms with van der Waals surface area (Å²) in [6.45, 7) is 0. The molecule has 0 spiro atoms. The predicted molar refractivity (Wildman–Crippen MR) is 92.0 cm³/mol. The third-order valence-corrected chi connectivity index (χ3v) is 6.85. The molecule has 1 aliphatic rings. The lowest BCUT2D eigenvalue weighted by Gasteiger charge is -1.99. The lowest BCUT2D eigenvalue weighted by Crippen LogP contribution is -1.80. The summed E-state index contributed by atoms with van der Waals surface area (Å²) in [5, 5.41) is 2.14. The molecule has 1 aliphatic carbocycles. The van der Waals surface area contributed by atoms with Gasteiger partial charge < -0.3 is 0 Å². The molecule has 0 aromatic carbocycles. The second kappa shape index (κ2) is 5.17. The van der Waals surface area contributed by atoms with Crippen LogP contribution in [0.2, 0.25) is 0 Å². The van der Waals surface area contributed by atoms with Crippen LogP contribution < -0.4 is 0 Å². The first-order chi connectivity index (χ1) is 9.90. The van der Waals surface area contributed by atoms with Crippen molar-refractivity contribution in [3.8, 4) is 19.5 Å². The van der Waals surface area contributed by atoms with Crippen molar-refractivity contribution < 1.29 is 0 Å². The molecule has 0 atom stereocenters. The monoisotopic (exact) mass is 312 g/mol. The molecule has 20 heavy (non-hydrogen) atoms. The van der Waals surface area contributed by atoms with E-state index < -0.39 is 0 Å². The molecule has 4 rings (SSSR count). The Bertz CT molecular complexity index is 757. The van der Waals surface area contributed by atoms with Gasteiger partial charge in [-0.15, -0.1) is 34.0 Å². The fourth-order valence-corrected chi connectivity index (χ4v) is 5.31. The van der Waals surface area contributed by atoms with E-state index in [0.29, 0.717) is 5.92 Å². The van der Waals surface area contributed by atoms with Crippen LogP contribution in [0.4, 0.5) is 0 Å². The topological polar surface area (TPSA) is 0 Å². The van der Waals surface area contributed by atoms with Crippen molar-refractivity contribution in [3.63, 3.8) is 0 Å². The maximum atomic E-state index is 2.26. The zero-order chi connectivity index (χ0) is 13.4. The summed E-state index contributed by atoms with van der Waals surface area (Å²) in [5.74, 6) is 0.477. The van der Waals surface area contributed by atoms with E-state index in [-0.39, 0.29) is 0 Å². The average molecular weight is 312 g/mol. The first-order valence-corrected chi connectivity index (χ1v) is 9.00. The molecule has 98 valence electrons. The van der Waals surface area contributed by atoms with Crippen molar-refractivity contribution in [1.82, 2.24) is 0 Å². The summed E-state index contributed by atoms with van der Waals surface area (Å²) >= 11 is 5.60. The number of thiophene rings is 3. The van der Waals surface area contributed by atoms with Gasteiger partial charge in [-0.05, 0) is 35.7 Å². The van der Waals surface area contributed by atoms with Crippen molar-refractivity contribution in [2.45, 2.75) is 5.92 Å². The first-order valence-electron chi connectivity index (χ1n) is 6.49. The quantitative estimate of drug-likeness (QED) is 0.524. The maximum absolute atomic E-state index is 2.26. The van der Waals surface area contributed by atoms with Crippen molar-refractivity contribution in [2.24, 2.45) is 0 Å². The van der Waals surface area contributed by atoms with Crippen molar-refractivity contribution in [2.75, 3.05) is 0 Å². The minimum Gasteiger partial charge on any atom is -0.143 e. The van der Waals surface area contributed by atoms with E-state index in [2.05, 4.69) is 66.1 Å². The molecular weight excluding hydrogens is 300 g/mol. The lowest BCUT2D eigenvalue weighted by molar-refractivity contribution is 1.15. The standard InChI is InChI=1S/C17H12S3/c1-2-5-12(4-1)13-7-8-16(19-13)17-10-9-15(20-17)14-6-3-11-18-14/h1-12H. The molecule has 3 aromatic rings. The average Bonchev–Trinajstić information content (AvgIpc) is 3.22. The molecule has 0 amide bonds. The molecule has 3 heterocycles. The highest BCUT2D eigenvalue weighted by Crippen LogP contribution is 2.41. The number of rotatable bonds is 3. The lowest BCUT2D eigenvalue weighted by atomic mass is 10.1. The fraction of sp³-hybridized carbons (Fsp3) is 0.0588. The number of allylic oxidation sites excluding steroid dienone is 4. The van der Waals surface area contributed by atoms with Crippen LogP contribution in [-0.4, -0.2) is 0 Å². The minimum atomic E-state index is 0.477. The second-order valence-electron chi connectivity index (χ2n) is 4.64. The number of hydrogen-bond donors (Lipinski definition) is 0. The van der Waals surface area contributed by atoms with E-state index >= 15 is 0 Å². The molecular formula is C17H12S3. The Morgan fingerprint density at radius 2 is 1.40 bits per heavy atom. The predicted octanol–water partition coefficient (Wildman–Crippen LogP) is 6.41. The van der Waals surface area contributed by atoms with E-state index in [1.165, 1.54) is 24.4 Å². The van der Waals surface area contributed by atoms with Gasteiger partial charge in [0.05, 0.1) is 0 Å². The van der Waals surface area contributed by atoms with Crippen LogP contribution in [0, 0.1) is 0 Å². The minimum absolute atomic E-state index is 0.477. The van der Waals surface area contributed by atoms with Gasteiger partial charge in [0.15, 0.2) is 0 Å². The van der Waals surface area contributed by atoms with Gasteiger partial charge in [0.1, 0.15) is 0 Å². The van der Waals surface area contributed by atoms with Crippen LogP contribution in [-0.2, 0) is 0 Å². The summed E-state index contributed by atoms with van der Waals surface area (Å²) in [5.41, 5.74) is 0. The zero-order valence-electron chi connectivity index (χ0n) is 10.7. The molecule has 0 radical (unpaired) electrons. The highest BCUT2D eigenvalue weighted by molar-refractivity contribution is 7.26. The molecule has 0 saturated carbocycles. The number of hydrogen-bond acceptors (Lipinski definition) is 3. The van der Waals surface area contributed by atoms with Gasteiger partial charge in [-0.2, -0.15) is 0 Å². The summed E-state index contributed by atoms with van der Waals surface area (Å²) in [6, 6.07) is 13.3. The van der Waals surface area contributed by atoms with Crippen LogP contribution in [0.1, 0.15) is 10.8 Å². The van der Waals surface area contributed by atoms with Crippen LogP contribution in [0.15, 0.2) is 66.1 Å². The Kier molecular flexibility index (Phi) is 3.19. The highest BCUT2D eigenvalue weighted by Gasteiger charge is 2.12. The van der Waals surface area contributed by atoms with Gasteiger partial charge in [-0.1, -0.05) is 30.4 Å². The highest BCUT2D eigenvalue weighted by atomic mass is 32.1. The summed E-state index contributed by atoms with van der Waals surface area (Å²) in [7, 11) is 0. The molecule has 3 heteroatoms. The van der Waals surface area contributed by atoms with Gasteiger partial charge in [0, 0.05) is 30.3 Å². The normalized spacial score (nSPS) is 14.4. The van der Waals surface area contributed by atoms with Gasteiger partial charge >= 0.3 is 0 Å². The van der Waals surface area contributed by atoms with Crippen LogP contribution >= 0.6 is 34.0 Å². The van der Waals surface area contributed by atoms with E-state index in [0.717, 1.165) is 0 Å².